The van der Waals surface area contributed by atoms with Gasteiger partial charge in [-0.25, -0.2) is 4.68 Å². The van der Waals surface area contributed by atoms with Gasteiger partial charge in [0.05, 0.1) is 5.69 Å². The zero-order chi connectivity index (χ0) is 18.1. The van der Waals surface area contributed by atoms with Crippen LogP contribution in [0, 0.1) is 5.92 Å². The molecule has 7 heteroatoms. The van der Waals surface area contributed by atoms with Crippen LogP contribution < -0.4 is 16.2 Å². The maximum Gasteiger partial charge on any atom is 0.267 e. The SMILES string of the molecule is NC(=O)c1cc(N2CCC(Cn3nc4c(cc3=O)CCC4)CC2)ccn1. The monoisotopic (exact) mass is 353 g/mol. The average Bonchev–Trinajstić information content (AvgIpc) is 3.10. The summed E-state index contributed by atoms with van der Waals surface area (Å²) in [6, 6.07) is 5.42. The molecule has 26 heavy (non-hydrogen) atoms. The number of aromatic nitrogens is 3. The highest BCUT2D eigenvalue weighted by Gasteiger charge is 2.22. The predicted molar refractivity (Wildman–Crippen MR) is 98.2 cm³/mol. The molecule has 0 unspecified atom stereocenters. The fraction of sp³-hybridized carbons (Fsp3) is 0.474. The summed E-state index contributed by atoms with van der Waals surface area (Å²) in [7, 11) is 0. The number of pyridine rings is 1. The summed E-state index contributed by atoms with van der Waals surface area (Å²) < 4.78 is 1.65. The maximum atomic E-state index is 12.3. The molecule has 0 saturated carbocycles. The third-order valence-corrected chi connectivity index (χ3v) is 5.43. The van der Waals surface area contributed by atoms with Gasteiger partial charge < -0.3 is 10.6 Å². The summed E-state index contributed by atoms with van der Waals surface area (Å²) in [4.78, 5) is 29.8. The van der Waals surface area contributed by atoms with Crippen molar-refractivity contribution in [1.82, 2.24) is 14.8 Å². The minimum atomic E-state index is -0.510. The van der Waals surface area contributed by atoms with Crippen molar-refractivity contribution in [3.05, 3.63) is 51.7 Å². The molecule has 0 radical (unpaired) electrons. The van der Waals surface area contributed by atoms with Crippen LogP contribution in [0.2, 0.25) is 0 Å². The van der Waals surface area contributed by atoms with Gasteiger partial charge in [0.25, 0.3) is 11.5 Å². The number of nitrogens with zero attached hydrogens (tertiary/aromatic N) is 4. The molecule has 1 aliphatic carbocycles. The van der Waals surface area contributed by atoms with Crippen molar-refractivity contribution in [1.29, 1.82) is 0 Å². The first-order valence-corrected chi connectivity index (χ1v) is 9.21. The minimum Gasteiger partial charge on any atom is -0.371 e. The van der Waals surface area contributed by atoms with E-state index in [4.69, 9.17) is 5.73 Å². The summed E-state index contributed by atoms with van der Waals surface area (Å²) in [5, 5.41) is 4.59. The number of carbonyl (C=O) groups is 1. The Morgan fingerprint density at radius 3 is 2.81 bits per heavy atom. The number of fused-ring (bicyclic) bond motifs is 1. The Morgan fingerprint density at radius 1 is 1.23 bits per heavy atom. The molecule has 1 saturated heterocycles. The van der Waals surface area contributed by atoms with Gasteiger partial charge in [-0.15, -0.1) is 0 Å². The van der Waals surface area contributed by atoms with Gasteiger partial charge in [-0.1, -0.05) is 0 Å². The van der Waals surface area contributed by atoms with Gasteiger partial charge in [0.15, 0.2) is 0 Å². The predicted octanol–water partition coefficient (Wildman–Crippen LogP) is 1.14. The van der Waals surface area contributed by atoms with Crippen molar-refractivity contribution < 1.29 is 4.79 Å². The standard InChI is InChI=1S/C19H23N5O2/c20-19(26)17-11-15(4-7-21-17)23-8-5-13(6-9-23)12-24-18(25)10-14-2-1-3-16(14)22-24/h4,7,10-11,13H,1-3,5-6,8-9,12H2,(H2,20,26). The van der Waals surface area contributed by atoms with E-state index in [2.05, 4.69) is 15.0 Å². The molecule has 4 rings (SSSR count). The second-order valence-electron chi connectivity index (χ2n) is 7.18. The van der Waals surface area contributed by atoms with E-state index < -0.39 is 5.91 Å². The van der Waals surface area contributed by atoms with Gasteiger partial charge in [-0.2, -0.15) is 5.10 Å². The van der Waals surface area contributed by atoms with Crippen molar-refractivity contribution in [3.8, 4) is 0 Å². The number of piperidine rings is 1. The van der Waals surface area contributed by atoms with Gasteiger partial charge in [-0.05, 0) is 55.7 Å². The number of hydrogen-bond acceptors (Lipinski definition) is 5. The first-order chi connectivity index (χ1) is 12.6. The van der Waals surface area contributed by atoms with Crippen LogP contribution in [0.5, 0.6) is 0 Å². The molecule has 2 N–H and O–H groups in total. The van der Waals surface area contributed by atoms with E-state index in [-0.39, 0.29) is 5.56 Å². The highest BCUT2D eigenvalue weighted by molar-refractivity contribution is 5.91. The molecule has 1 aliphatic heterocycles. The third kappa shape index (κ3) is 3.34. The molecule has 7 nitrogen and oxygen atoms in total. The Labute approximate surface area is 151 Å². The lowest BCUT2D eigenvalue weighted by atomic mass is 9.96. The topological polar surface area (TPSA) is 94.1 Å². The summed E-state index contributed by atoms with van der Waals surface area (Å²) >= 11 is 0. The zero-order valence-electron chi connectivity index (χ0n) is 14.7. The van der Waals surface area contributed by atoms with E-state index in [1.54, 1.807) is 23.0 Å². The molecule has 3 heterocycles. The summed E-state index contributed by atoms with van der Waals surface area (Å²) in [5.41, 5.74) is 8.82. The second-order valence-corrected chi connectivity index (χ2v) is 7.18. The molecule has 0 bridgehead atoms. The molecule has 0 atom stereocenters. The van der Waals surface area contributed by atoms with Crippen molar-refractivity contribution in [2.45, 2.75) is 38.6 Å². The molecule has 136 valence electrons. The Balaban J connectivity index is 1.41. The molecule has 0 spiro atoms. The van der Waals surface area contributed by atoms with Crippen LogP contribution in [0.15, 0.2) is 29.2 Å². The van der Waals surface area contributed by atoms with E-state index >= 15 is 0 Å². The van der Waals surface area contributed by atoms with Crippen molar-refractivity contribution in [2.24, 2.45) is 11.7 Å². The first kappa shape index (κ1) is 16.8. The van der Waals surface area contributed by atoms with Crippen LogP contribution in [-0.4, -0.2) is 33.8 Å². The van der Waals surface area contributed by atoms with E-state index in [1.807, 2.05) is 6.07 Å². The second kappa shape index (κ2) is 6.90. The van der Waals surface area contributed by atoms with Gasteiger partial charge in [0.2, 0.25) is 0 Å². The number of amides is 1. The van der Waals surface area contributed by atoms with Crippen LogP contribution >= 0.6 is 0 Å². The summed E-state index contributed by atoms with van der Waals surface area (Å²) in [6.07, 6.45) is 6.66. The first-order valence-electron chi connectivity index (χ1n) is 9.21. The van der Waals surface area contributed by atoms with Crippen molar-refractivity contribution >= 4 is 11.6 Å². The quantitative estimate of drug-likeness (QED) is 0.890. The van der Waals surface area contributed by atoms with E-state index in [1.165, 1.54) is 0 Å². The Bertz CT molecular complexity index is 884. The fourth-order valence-electron chi connectivity index (χ4n) is 3.94. The van der Waals surface area contributed by atoms with E-state index in [9.17, 15) is 9.59 Å². The molecular weight excluding hydrogens is 330 g/mol. The van der Waals surface area contributed by atoms with Gasteiger partial charge >= 0.3 is 0 Å². The molecular formula is C19H23N5O2. The Morgan fingerprint density at radius 2 is 2.04 bits per heavy atom. The lowest BCUT2D eigenvalue weighted by Gasteiger charge is -2.33. The molecule has 2 aromatic heterocycles. The molecule has 1 fully saturated rings. The smallest absolute Gasteiger partial charge is 0.267 e. The summed E-state index contributed by atoms with van der Waals surface area (Å²) in [5.74, 6) is -0.0721. The lowest BCUT2D eigenvalue weighted by Crippen LogP contribution is -2.37. The molecule has 1 amide bonds. The fourth-order valence-corrected chi connectivity index (χ4v) is 3.94. The summed E-state index contributed by atoms with van der Waals surface area (Å²) in [6.45, 7) is 2.45. The van der Waals surface area contributed by atoms with Gasteiger partial charge in [-0.3, -0.25) is 14.6 Å². The van der Waals surface area contributed by atoms with Gasteiger partial charge in [0, 0.05) is 37.6 Å². The number of aryl methyl sites for hydroxylation is 2. The Hall–Kier alpha value is -2.70. The number of rotatable bonds is 4. The maximum absolute atomic E-state index is 12.3. The molecule has 2 aromatic rings. The number of anilines is 1. The highest BCUT2D eigenvalue weighted by Crippen LogP contribution is 2.24. The number of primary amides is 1. The van der Waals surface area contributed by atoms with Crippen LogP contribution in [0.3, 0.4) is 0 Å². The number of hydrogen-bond donors (Lipinski definition) is 1. The van der Waals surface area contributed by atoms with Gasteiger partial charge in [0.1, 0.15) is 5.69 Å². The lowest BCUT2D eigenvalue weighted by molar-refractivity contribution is 0.0995. The minimum absolute atomic E-state index is 0.0216. The van der Waals surface area contributed by atoms with Crippen LogP contribution in [0.25, 0.3) is 0 Å². The van der Waals surface area contributed by atoms with E-state index in [0.29, 0.717) is 18.2 Å². The number of nitrogens with two attached hydrogens (primary N) is 1. The van der Waals surface area contributed by atoms with Crippen molar-refractivity contribution in [3.63, 3.8) is 0 Å². The molecule has 2 aliphatic rings. The number of carbonyl (C=O) groups excluding carboxylic acids is 1. The average molecular weight is 353 g/mol. The van der Waals surface area contributed by atoms with Crippen LogP contribution in [0.1, 0.15) is 41.0 Å². The normalized spacial score (nSPS) is 17.3. The van der Waals surface area contributed by atoms with Crippen LogP contribution in [0.4, 0.5) is 5.69 Å². The largest absolute Gasteiger partial charge is 0.371 e. The highest BCUT2D eigenvalue weighted by atomic mass is 16.1. The zero-order valence-corrected chi connectivity index (χ0v) is 14.7. The molecule has 0 aromatic carbocycles. The van der Waals surface area contributed by atoms with Crippen molar-refractivity contribution in [2.75, 3.05) is 18.0 Å². The van der Waals surface area contributed by atoms with E-state index in [0.717, 1.165) is 62.1 Å². The van der Waals surface area contributed by atoms with Crippen LogP contribution in [-0.2, 0) is 19.4 Å². The third-order valence-electron chi connectivity index (χ3n) is 5.43. The Kier molecular flexibility index (Phi) is 4.44.